The van der Waals surface area contributed by atoms with Gasteiger partial charge in [0.25, 0.3) is 0 Å². The van der Waals surface area contributed by atoms with Crippen LogP contribution in [-0.4, -0.2) is 32.1 Å². The molecule has 0 aliphatic rings. The van der Waals surface area contributed by atoms with Gasteiger partial charge in [-0.05, 0) is 38.1 Å². The summed E-state index contributed by atoms with van der Waals surface area (Å²) in [4.78, 5) is 23.1. The summed E-state index contributed by atoms with van der Waals surface area (Å²) in [6, 6.07) is 5.00. The fourth-order valence-electron chi connectivity index (χ4n) is 1.54. The Hall–Kier alpha value is -2.30. The highest BCUT2D eigenvalue weighted by Gasteiger charge is 2.12. The van der Waals surface area contributed by atoms with Gasteiger partial charge in [-0.15, -0.1) is 0 Å². The van der Waals surface area contributed by atoms with Gasteiger partial charge in [0.15, 0.2) is 5.78 Å². The van der Waals surface area contributed by atoms with Crippen LogP contribution in [0.2, 0.25) is 0 Å². The van der Waals surface area contributed by atoms with Crippen LogP contribution >= 0.6 is 0 Å². The van der Waals surface area contributed by atoms with Gasteiger partial charge in [0.2, 0.25) is 0 Å². The second-order valence-electron chi connectivity index (χ2n) is 3.74. The zero-order chi connectivity index (χ0) is 15.0. The molecule has 1 rings (SSSR count). The van der Waals surface area contributed by atoms with E-state index in [1.165, 1.54) is 7.11 Å². The van der Waals surface area contributed by atoms with E-state index in [4.69, 9.17) is 9.47 Å². The zero-order valence-corrected chi connectivity index (χ0v) is 11.8. The molecule has 0 spiro atoms. The number of carbonyl (C=O) groups excluding carboxylic acids is 2. The van der Waals surface area contributed by atoms with Crippen LogP contribution in [-0.2, 0) is 9.53 Å². The first-order chi connectivity index (χ1) is 9.62. The van der Waals surface area contributed by atoms with Crippen molar-refractivity contribution in [1.29, 1.82) is 0 Å². The third-order valence-electron chi connectivity index (χ3n) is 2.40. The minimum Gasteiger partial charge on any atom is -0.494 e. The summed E-state index contributed by atoms with van der Waals surface area (Å²) in [7, 11) is 1.25. The summed E-state index contributed by atoms with van der Waals surface area (Å²) in [6.45, 7) is 4.62. The predicted octanol–water partition coefficient (Wildman–Crippen LogP) is 2.40. The summed E-state index contributed by atoms with van der Waals surface area (Å²) in [5.74, 6) is 0.0962. The maximum atomic E-state index is 12.1. The van der Waals surface area contributed by atoms with Gasteiger partial charge in [-0.2, -0.15) is 0 Å². The van der Waals surface area contributed by atoms with Crippen molar-refractivity contribution in [3.63, 3.8) is 0 Å². The normalized spacial score (nSPS) is 10.3. The number of hydrogen-bond donors (Lipinski definition) is 0. The van der Waals surface area contributed by atoms with Crippen molar-refractivity contribution in [1.82, 2.24) is 0 Å². The first kappa shape index (κ1) is 15.8. The molecule has 0 aliphatic heterocycles. The van der Waals surface area contributed by atoms with Crippen LogP contribution < -0.4 is 9.47 Å². The molecule has 0 radical (unpaired) electrons. The lowest BCUT2D eigenvalue weighted by Crippen LogP contribution is -2.04. The van der Waals surface area contributed by atoms with E-state index < -0.39 is 5.97 Å². The van der Waals surface area contributed by atoms with E-state index in [0.29, 0.717) is 30.3 Å². The Morgan fingerprint density at radius 2 is 1.80 bits per heavy atom. The molecule has 0 heterocycles. The maximum absolute atomic E-state index is 12.1. The van der Waals surface area contributed by atoms with Crippen molar-refractivity contribution in [2.75, 3.05) is 20.3 Å². The number of hydrogen-bond acceptors (Lipinski definition) is 5. The zero-order valence-electron chi connectivity index (χ0n) is 11.8. The Morgan fingerprint density at radius 1 is 1.10 bits per heavy atom. The average molecular weight is 278 g/mol. The standard InChI is InChI=1S/C15H18O5/c1-4-19-11-6-8-14(20-5-2)12(10-11)13(16)7-9-15(17)18-3/h6-10H,4-5H2,1-3H3/b9-7+. The van der Waals surface area contributed by atoms with E-state index in [9.17, 15) is 9.59 Å². The fourth-order valence-corrected chi connectivity index (χ4v) is 1.54. The third-order valence-corrected chi connectivity index (χ3v) is 2.40. The Morgan fingerprint density at radius 3 is 2.40 bits per heavy atom. The minimum absolute atomic E-state index is 0.345. The largest absolute Gasteiger partial charge is 0.494 e. The lowest BCUT2D eigenvalue weighted by atomic mass is 10.1. The van der Waals surface area contributed by atoms with Gasteiger partial charge in [-0.3, -0.25) is 4.79 Å². The summed E-state index contributed by atoms with van der Waals surface area (Å²) < 4.78 is 15.2. The number of allylic oxidation sites excluding steroid dienone is 1. The number of ether oxygens (including phenoxy) is 3. The van der Waals surface area contributed by atoms with Crippen molar-refractivity contribution in [3.05, 3.63) is 35.9 Å². The molecular weight excluding hydrogens is 260 g/mol. The molecule has 1 aromatic rings. The van der Waals surface area contributed by atoms with Crippen molar-refractivity contribution >= 4 is 11.8 Å². The second-order valence-corrected chi connectivity index (χ2v) is 3.74. The van der Waals surface area contributed by atoms with E-state index in [-0.39, 0.29) is 5.78 Å². The molecule has 0 bridgehead atoms. The Balaban J connectivity index is 3.04. The van der Waals surface area contributed by atoms with Crippen LogP contribution in [0.5, 0.6) is 11.5 Å². The molecule has 0 saturated heterocycles. The molecule has 108 valence electrons. The summed E-state index contributed by atoms with van der Waals surface area (Å²) >= 11 is 0. The van der Waals surface area contributed by atoms with Gasteiger partial charge >= 0.3 is 5.97 Å². The minimum atomic E-state index is -0.586. The van der Waals surface area contributed by atoms with Gasteiger partial charge < -0.3 is 14.2 Å². The average Bonchev–Trinajstić information content (AvgIpc) is 2.46. The Kier molecular flexibility index (Phi) is 6.29. The van der Waals surface area contributed by atoms with Crippen molar-refractivity contribution < 1.29 is 23.8 Å². The number of esters is 1. The molecule has 0 unspecified atom stereocenters. The van der Waals surface area contributed by atoms with Crippen molar-refractivity contribution in [2.24, 2.45) is 0 Å². The van der Waals surface area contributed by atoms with Crippen molar-refractivity contribution in [3.8, 4) is 11.5 Å². The number of methoxy groups -OCH3 is 1. The first-order valence-electron chi connectivity index (χ1n) is 6.32. The number of rotatable bonds is 7. The van der Waals surface area contributed by atoms with Crippen LogP contribution in [0.1, 0.15) is 24.2 Å². The highest BCUT2D eigenvalue weighted by Crippen LogP contribution is 2.25. The summed E-state index contributed by atoms with van der Waals surface area (Å²) in [5.41, 5.74) is 0.345. The van der Waals surface area contributed by atoms with Crippen LogP contribution in [0.15, 0.2) is 30.4 Å². The van der Waals surface area contributed by atoms with Gasteiger partial charge in [-0.25, -0.2) is 4.79 Å². The molecule has 0 fully saturated rings. The van der Waals surface area contributed by atoms with Crippen LogP contribution in [0.3, 0.4) is 0 Å². The molecule has 0 aromatic heterocycles. The molecule has 0 N–H and O–H groups in total. The van der Waals surface area contributed by atoms with E-state index in [1.54, 1.807) is 18.2 Å². The monoisotopic (exact) mass is 278 g/mol. The molecule has 1 aromatic carbocycles. The molecule has 0 atom stereocenters. The highest BCUT2D eigenvalue weighted by molar-refractivity contribution is 6.08. The first-order valence-corrected chi connectivity index (χ1v) is 6.32. The van der Waals surface area contributed by atoms with Gasteiger partial charge in [0, 0.05) is 6.08 Å². The van der Waals surface area contributed by atoms with Crippen molar-refractivity contribution in [2.45, 2.75) is 13.8 Å². The SMILES string of the molecule is CCOc1ccc(OCC)c(C(=O)/C=C/C(=O)OC)c1. The van der Waals surface area contributed by atoms with Crippen LogP contribution in [0, 0.1) is 0 Å². The lowest BCUT2D eigenvalue weighted by molar-refractivity contribution is -0.134. The molecule has 5 nitrogen and oxygen atoms in total. The molecule has 0 aliphatic carbocycles. The highest BCUT2D eigenvalue weighted by atomic mass is 16.5. The molecule has 20 heavy (non-hydrogen) atoms. The Labute approximate surface area is 118 Å². The smallest absolute Gasteiger partial charge is 0.330 e. The topological polar surface area (TPSA) is 61.8 Å². The molecule has 5 heteroatoms. The maximum Gasteiger partial charge on any atom is 0.330 e. The quantitative estimate of drug-likeness (QED) is 0.435. The number of carbonyl (C=O) groups is 2. The van der Waals surface area contributed by atoms with Gasteiger partial charge in [-0.1, -0.05) is 0 Å². The van der Waals surface area contributed by atoms with Crippen LogP contribution in [0.25, 0.3) is 0 Å². The Bertz CT molecular complexity index is 505. The van der Waals surface area contributed by atoms with Gasteiger partial charge in [0.05, 0.1) is 25.9 Å². The number of ketones is 1. The van der Waals surface area contributed by atoms with E-state index in [2.05, 4.69) is 4.74 Å². The number of benzene rings is 1. The predicted molar refractivity (Wildman–Crippen MR) is 74.3 cm³/mol. The lowest BCUT2D eigenvalue weighted by Gasteiger charge is -2.10. The van der Waals surface area contributed by atoms with E-state index >= 15 is 0 Å². The van der Waals surface area contributed by atoms with E-state index in [0.717, 1.165) is 12.2 Å². The van der Waals surface area contributed by atoms with Gasteiger partial charge in [0.1, 0.15) is 11.5 Å². The third kappa shape index (κ3) is 4.42. The molecule has 0 saturated carbocycles. The second kappa shape index (κ2) is 7.99. The molecule has 0 amide bonds. The van der Waals surface area contributed by atoms with E-state index in [1.807, 2.05) is 13.8 Å². The van der Waals surface area contributed by atoms with Crippen LogP contribution in [0.4, 0.5) is 0 Å². The molecular formula is C15H18O5. The summed E-state index contributed by atoms with van der Waals surface area (Å²) in [5, 5.41) is 0. The fraction of sp³-hybridized carbons (Fsp3) is 0.333. The summed E-state index contributed by atoms with van der Waals surface area (Å²) in [6.07, 6.45) is 2.23.